The lowest BCUT2D eigenvalue weighted by molar-refractivity contribution is 0.934. The smallest absolute Gasteiger partial charge is 0.223 e. The van der Waals surface area contributed by atoms with Crippen molar-refractivity contribution in [2.75, 3.05) is 35.7 Å². The van der Waals surface area contributed by atoms with Crippen LogP contribution in [0.3, 0.4) is 0 Å². The number of thioether (sulfide) groups is 1. The molecule has 0 radical (unpaired) electrons. The SMILES string of the molecule is CCCNc1cc(NCC2(SC)CC2)nc(N)n1. The molecule has 4 N–H and O–H groups in total. The summed E-state index contributed by atoms with van der Waals surface area (Å²) < 4.78 is 0.413. The Hall–Kier alpha value is -1.17. The Kier molecular flexibility index (Phi) is 4.16. The molecule has 1 aliphatic carbocycles. The van der Waals surface area contributed by atoms with E-state index in [4.69, 9.17) is 5.73 Å². The number of nitrogens with two attached hydrogens (primary N) is 1. The highest BCUT2D eigenvalue weighted by Gasteiger charge is 2.41. The Morgan fingerprint density at radius 1 is 1.33 bits per heavy atom. The first-order chi connectivity index (χ1) is 8.67. The second-order valence-corrected chi connectivity index (χ2v) is 5.94. The molecule has 5 nitrogen and oxygen atoms in total. The predicted molar refractivity (Wildman–Crippen MR) is 79.2 cm³/mol. The van der Waals surface area contributed by atoms with Crippen LogP contribution in [0.4, 0.5) is 17.6 Å². The topological polar surface area (TPSA) is 75.9 Å². The summed E-state index contributed by atoms with van der Waals surface area (Å²) in [5.41, 5.74) is 5.71. The zero-order valence-electron chi connectivity index (χ0n) is 11.0. The maximum atomic E-state index is 5.71. The molecule has 100 valence electrons. The Balaban J connectivity index is 1.96. The van der Waals surface area contributed by atoms with E-state index in [0.29, 0.717) is 10.7 Å². The number of hydrogen-bond donors (Lipinski definition) is 3. The van der Waals surface area contributed by atoms with Gasteiger partial charge in [-0.3, -0.25) is 0 Å². The lowest BCUT2D eigenvalue weighted by Crippen LogP contribution is -2.18. The summed E-state index contributed by atoms with van der Waals surface area (Å²) in [4.78, 5) is 8.38. The molecule has 18 heavy (non-hydrogen) atoms. The van der Waals surface area contributed by atoms with Crippen molar-refractivity contribution in [2.24, 2.45) is 0 Å². The summed E-state index contributed by atoms with van der Waals surface area (Å²) in [7, 11) is 0. The summed E-state index contributed by atoms with van der Waals surface area (Å²) in [5.74, 6) is 1.91. The maximum absolute atomic E-state index is 5.71. The lowest BCUT2D eigenvalue weighted by atomic mass is 10.4. The first-order valence-electron chi connectivity index (χ1n) is 6.35. The highest BCUT2D eigenvalue weighted by Crippen LogP contribution is 2.46. The van der Waals surface area contributed by atoms with Gasteiger partial charge in [0.25, 0.3) is 0 Å². The highest BCUT2D eigenvalue weighted by atomic mass is 32.2. The Morgan fingerprint density at radius 2 is 2.00 bits per heavy atom. The molecular weight excluding hydrogens is 246 g/mol. The minimum absolute atomic E-state index is 0.313. The van der Waals surface area contributed by atoms with Crippen LogP contribution in [-0.2, 0) is 0 Å². The first-order valence-corrected chi connectivity index (χ1v) is 7.57. The quantitative estimate of drug-likeness (QED) is 0.703. The van der Waals surface area contributed by atoms with Crippen molar-refractivity contribution in [2.45, 2.75) is 30.9 Å². The van der Waals surface area contributed by atoms with Crippen molar-refractivity contribution in [1.82, 2.24) is 9.97 Å². The molecule has 0 unspecified atom stereocenters. The predicted octanol–water partition coefficient (Wildman–Crippen LogP) is 2.19. The molecule has 2 rings (SSSR count). The van der Waals surface area contributed by atoms with Crippen LogP contribution >= 0.6 is 11.8 Å². The van der Waals surface area contributed by atoms with E-state index in [9.17, 15) is 0 Å². The van der Waals surface area contributed by atoms with Crippen LogP contribution in [0.25, 0.3) is 0 Å². The zero-order chi connectivity index (χ0) is 13.0. The molecule has 0 aliphatic heterocycles. The van der Waals surface area contributed by atoms with E-state index in [1.54, 1.807) is 0 Å². The van der Waals surface area contributed by atoms with Gasteiger partial charge in [-0.05, 0) is 25.5 Å². The van der Waals surface area contributed by atoms with Gasteiger partial charge in [0.15, 0.2) is 0 Å². The van der Waals surface area contributed by atoms with Crippen LogP contribution in [0.2, 0.25) is 0 Å². The van der Waals surface area contributed by atoms with E-state index in [0.717, 1.165) is 31.1 Å². The van der Waals surface area contributed by atoms with Gasteiger partial charge < -0.3 is 16.4 Å². The molecule has 1 aromatic heterocycles. The van der Waals surface area contributed by atoms with Gasteiger partial charge in [-0.1, -0.05) is 6.92 Å². The minimum Gasteiger partial charge on any atom is -0.370 e. The number of nitrogen functional groups attached to an aromatic ring is 1. The summed E-state index contributed by atoms with van der Waals surface area (Å²) >= 11 is 1.93. The summed E-state index contributed by atoms with van der Waals surface area (Å²) in [5, 5.41) is 6.59. The highest BCUT2D eigenvalue weighted by molar-refractivity contribution is 8.00. The summed E-state index contributed by atoms with van der Waals surface area (Å²) in [6, 6.07) is 1.92. The molecule has 1 heterocycles. The molecule has 1 aliphatic rings. The summed E-state index contributed by atoms with van der Waals surface area (Å²) in [6.45, 7) is 3.95. The molecule has 0 bridgehead atoms. The average Bonchev–Trinajstić information content (AvgIpc) is 3.14. The van der Waals surface area contributed by atoms with Crippen molar-refractivity contribution >= 4 is 29.3 Å². The van der Waals surface area contributed by atoms with E-state index in [1.807, 2.05) is 17.8 Å². The van der Waals surface area contributed by atoms with Gasteiger partial charge in [0.1, 0.15) is 11.6 Å². The fourth-order valence-electron chi connectivity index (χ4n) is 1.74. The second-order valence-electron chi connectivity index (χ2n) is 4.66. The van der Waals surface area contributed by atoms with Crippen molar-refractivity contribution in [3.63, 3.8) is 0 Å². The molecule has 0 spiro atoms. The van der Waals surface area contributed by atoms with Crippen LogP contribution < -0.4 is 16.4 Å². The second kappa shape index (κ2) is 5.65. The van der Waals surface area contributed by atoms with Gasteiger partial charge in [-0.2, -0.15) is 21.7 Å². The molecule has 0 aromatic carbocycles. The number of hydrogen-bond acceptors (Lipinski definition) is 6. The molecular formula is C12H21N5S. The zero-order valence-corrected chi connectivity index (χ0v) is 11.8. The van der Waals surface area contributed by atoms with Crippen molar-refractivity contribution in [3.8, 4) is 0 Å². The van der Waals surface area contributed by atoms with Gasteiger partial charge in [0.05, 0.1) is 0 Å². The van der Waals surface area contributed by atoms with Gasteiger partial charge in [0, 0.05) is 23.9 Å². The van der Waals surface area contributed by atoms with E-state index in [1.165, 1.54) is 12.8 Å². The number of anilines is 3. The number of rotatable bonds is 7. The van der Waals surface area contributed by atoms with Crippen LogP contribution in [0.5, 0.6) is 0 Å². The standard InChI is InChI=1S/C12H21N5S/c1-3-6-14-9-7-10(17-11(13)16-9)15-8-12(18-2)4-5-12/h7H,3-6,8H2,1-2H3,(H4,13,14,15,16,17). The van der Waals surface area contributed by atoms with Gasteiger partial charge in [0.2, 0.25) is 5.95 Å². The number of nitrogens with zero attached hydrogens (tertiary/aromatic N) is 2. The summed E-state index contributed by atoms with van der Waals surface area (Å²) in [6.07, 6.45) is 5.78. The third-order valence-corrected chi connectivity index (χ3v) is 4.55. The Morgan fingerprint density at radius 3 is 2.56 bits per heavy atom. The van der Waals surface area contributed by atoms with Crippen molar-refractivity contribution < 1.29 is 0 Å². The molecule has 6 heteroatoms. The van der Waals surface area contributed by atoms with E-state index in [-0.39, 0.29) is 0 Å². The first kappa shape index (κ1) is 13.3. The van der Waals surface area contributed by atoms with Gasteiger partial charge in [-0.25, -0.2) is 0 Å². The fourth-order valence-corrected chi connectivity index (χ4v) is 2.47. The lowest BCUT2D eigenvalue weighted by Gasteiger charge is -2.14. The normalized spacial score (nSPS) is 16.3. The number of aromatic nitrogens is 2. The largest absolute Gasteiger partial charge is 0.370 e. The average molecular weight is 267 g/mol. The monoisotopic (exact) mass is 267 g/mol. The Labute approximate surface area is 112 Å². The molecule has 0 atom stereocenters. The fraction of sp³-hybridized carbons (Fsp3) is 0.667. The third-order valence-electron chi connectivity index (χ3n) is 3.13. The van der Waals surface area contributed by atoms with Gasteiger partial charge in [-0.15, -0.1) is 0 Å². The van der Waals surface area contributed by atoms with Crippen LogP contribution in [-0.4, -0.2) is 34.1 Å². The molecule has 0 amide bonds. The van der Waals surface area contributed by atoms with Crippen LogP contribution in [0, 0.1) is 0 Å². The van der Waals surface area contributed by atoms with E-state index >= 15 is 0 Å². The van der Waals surface area contributed by atoms with E-state index in [2.05, 4.69) is 33.8 Å². The van der Waals surface area contributed by atoms with Crippen molar-refractivity contribution in [3.05, 3.63) is 6.07 Å². The van der Waals surface area contributed by atoms with E-state index < -0.39 is 0 Å². The minimum atomic E-state index is 0.313. The third kappa shape index (κ3) is 3.41. The molecule has 1 aromatic rings. The van der Waals surface area contributed by atoms with Crippen LogP contribution in [0.15, 0.2) is 6.07 Å². The molecule has 1 fully saturated rings. The van der Waals surface area contributed by atoms with Crippen molar-refractivity contribution in [1.29, 1.82) is 0 Å². The molecule has 0 saturated heterocycles. The number of nitrogens with one attached hydrogen (secondary N) is 2. The maximum Gasteiger partial charge on any atom is 0.223 e. The Bertz CT molecular complexity index is 405. The van der Waals surface area contributed by atoms with Gasteiger partial charge >= 0.3 is 0 Å². The van der Waals surface area contributed by atoms with Crippen LogP contribution in [0.1, 0.15) is 26.2 Å². The molecule has 1 saturated carbocycles.